The second-order valence-corrected chi connectivity index (χ2v) is 7.42. The Balaban J connectivity index is 2.09. The van der Waals surface area contributed by atoms with E-state index in [9.17, 15) is 18.4 Å². The van der Waals surface area contributed by atoms with Gasteiger partial charge >= 0.3 is 5.69 Å². The number of nitrogens with two attached hydrogens (primary N) is 1. The van der Waals surface area contributed by atoms with E-state index < -0.39 is 34.4 Å². The molecule has 2 aliphatic rings. The Labute approximate surface area is 152 Å². The van der Waals surface area contributed by atoms with Gasteiger partial charge in [0.25, 0.3) is 12.0 Å². The number of hydrogen-bond donors (Lipinski definition) is 2. The zero-order valence-electron chi connectivity index (χ0n) is 14.9. The van der Waals surface area contributed by atoms with E-state index in [1.54, 1.807) is 11.8 Å². The summed E-state index contributed by atoms with van der Waals surface area (Å²) in [5.74, 6) is -0.932. The summed E-state index contributed by atoms with van der Waals surface area (Å²) in [5, 5.41) is -0.426. The number of alkyl halides is 2. The highest BCUT2D eigenvalue weighted by Gasteiger charge is 2.35. The maximum absolute atomic E-state index is 15.2. The average Bonchev–Trinajstić information content (AvgIpc) is 3.33. The molecule has 3 N–H and O–H groups in total. The van der Waals surface area contributed by atoms with Crippen LogP contribution in [0.1, 0.15) is 42.9 Å². The van der Waals surface area contributed by atoms with Crippen LogP contribution in [0.2, 0.25) is 0 Å². The first kappa shape index (κ1) is 18.1. The number of anilines is 1. The molecule has 2 aromatic rings. The molecular weight excluding hydrogens is 361 g/mol. The number of H-pyrrole nitrogens is 1. The van der Waals surface area contributed by atoms with Crippen molar-refractivity contribution in [3.8, 4) is 0 Å². The first-order valence-electron chi connectivity index (χ1n) is 9.08. The monoisotopic (exact) mass is 382 g/mol. The molecule has 146 valence electrons. The molecule has 0 amide bonds. The van der Waals surface area contributed by atoms with Crippen molar-refractivity contribution in [2.45, 2.75) is 38.7 Å². The molecule has 2 fully saturated rings. The maximum Gasteiger partial charge on any atom is 0.329 e. The van der Waals surface area contributed by atoms with Gasteiger partial charge in [-0.05, 0) is 38.6 Å². The van der Waals surface area contributed by atoms with Crippen molar-refractivity contribution in [3.05, 3.63) is 37.8 Å². The molecule has 6 nitrogen and oxygen atoms in total. The third-order valence-corrected chi connectivity index (χ3v) is 5.63. The molecule has 1 unspecified atom stereocenters. The van der Waals surface area contributed by atoms with Crippen LogP contribution in [0.3, 0.4) is 0 Å². The van der Waals surface area contributed by atoms with Crippen molar-refractivity contribution in [1.29, 1.82) is 0 Å². The highest BCUT2D eigenvalue weighted by Crippen LogP contribution is 2.42. The minimum absolute atomic E-state index is 0.0492. The molecule has 0 spiro atoms. The van der Waals surface area contributed by atoms with Crippen LogP contribution in [0.5, 0.6) is 0 Å². The van der Waals surface area contributed by atoms with Gasteiger partial charge in [0.15, 0.2) is 5.82 Å². The molecule has 2 heterocycles. The van der Waals surface area contributed by atoms with Crippen LogP contribution < -0.4 is 21.9 Å². The summed E-state index contributed by atoms with van der Waals surface area (Å²) < 4.78 is 44.2. The quantitative estimate of drug-likeness (QED) is 0.849. The van der Waals surface area contributed by atoms with Gasteiger partial charge in [0, 0.05) is 24.7 Å². The van der Waals surface area contributed by atoms with E-state index in [2.05, 4.69) is 4.98 Å². The Morgan fingerprint density at radius 3 is 2.52 bits per heavy atom. The Kier molecular flexibility index (Phi) is 4.29. The van der Waals surface area contributed by atoms with Crippen LogP contribution in [0.4, 0.5) is 18.9 Å². The van der Waals surface area contributed by atoms with E-state index in [4.69, 9.17) is 5.73 Å². The smallest absolute Gasteiger partial charge is 0.329 e. The fourth-order valence-electron chi connectivity index (χ4n) is 4.17. The summed E-state index contributed by atoms with van der Waals surface area (Å²) in [7, 11) is 0. The SMILES string of the molecule is Cc1c(N2CCC(CN)C2)c(F)c(C(F)F)c2c(=O)[nH]c(=O)n(C3CC3)c12. The minimum Gasteiger partial charge on any atom is -0.369 e. The third kappa shape index (κ3) is 2.75. The summed E-state index contributed by atoms with van der Waals surface area (Å²) >= 11 is 0. The molecule has 27 heavy (non-hydrogen) atoms. The molecule has 0 radical (unpaired) electrons. The van der Waals surface area contributed by atoms with Gasteiger partial charge in [0.05, 0.1) is 22.2 Å². The van der Waals surface area contributed by atoms with E-state index in [1.807, 2.05) is 0 Å². The van der Waals surface area contributed by atoms with Crippen LogP contribution >= 0.6 is 0 Å². The predicted molar refractivity (Wildman–Crippen MR) is 96.1 cm³/mol. The van der Waals surface area contributed by atoms with Crippen molar-refractivity contribution in [2.75, 3.05) is 24.5 Å². The van der Waals surface area contributed by atoms with Crippen LogP contribution in [0, 0.1) is 18.7 Å². The lowest BCUT2D eigenvalue weighted by atomic mass is 10.0. The summed E-state index contributed by atoms with van der Waals surface area (Å²) in [6.07, 6.45) is -1.000. The van der Waals surface area contributed by atoms with Crippen LogP contribution in [-0.2, 0) is 0 Å². The summed E-state index contributed by atoms with van der Waals surface area (Å²) in [6.45, 7) is 2.96. The predicted octanol–water partition coefficient (Wildman–Crippen LogP) is 2.19. The summed E-state index contributed by atoms with van der Waals surface area (Å²) in [4.78, 5) is 28.5. The lowest BCUT2D eigenvalue weighted by Gasteiger charge is -2.25. The average molecular weight is 382 g/mol. The van der Waals surface area contributed by atoms with Gasteiger partial charge in [-0.1, -0.05) is 0 Å². The topological polar surface area (TPSA) is 84.1 Å². The van der Waals surface area contributed by atoms with Gasteiger partial charge in [-0.3, -0.25) is 14.3 Å². The van der Waals surface area contributed by atoms with Crippen molar-refractivity contribution in [3.63, 3.8) is 0 Å². The molecule has 9 heteroatoms. The standard InChI is InChI=1S/C18H21F3N4O2/c1-8-14-12(17(26)23-18(27)25(14)10-2-3-10)11(16(20)21)13(19)15(8)24-5-4-9(6-22)7-24/h9-10,16H,2-7,22H2,1H3,(H,23,26,27). The molecule has 1 saturated carbocycles. The fourth-order valence-corrected chi connectivity index (χ4v) is 4.17. The minimum atomic E-state index is -3.17. The molecule has 4 rings (SSSR count). The number of aromatic nitrogens is 2. The number of fused-ring (bicyclic) bond motifs is 1. The highest BCUT2D eigenvalue weighted by molar-refractivity contribution is 5.90. The molecule has 1 aliphatic carbocycles. The third-order valence-electron chi connectivity index (χ3n) is 5.63. The number of hydrogen-bond acceptors (Lipinski definition) is 4. The number of nitrogens with zero attached hydrogens (tertiary/aromatic N) is 2. The number of benzene rings is 1. The number of rotatable bonds is 4. The number of aromatic amines is 1. The molecule has 1 atom stereocenters. The van der Waals surface area contributed by atoms with E-state index in [-0.39, 0.29) is 23.2 Å². The first-order valence-corrected chi connectivity index (χ1v) is 9.08. The van der Waals surface area contributed by atoms with E-state index in [1.165, 1.54) is 4.57 Å². The van der Waals surface area contributed by atoms with Crippen molar-refractivity contribution in [2.24, 2.45) is 11.7 Å². The normalized spacial score (nSPS) is 20.2. The van der Waals surface area contributed by atoms with E-state index in [0.717, 1.165) is 19.3 Å². The Morgan fingerprint density at radius 1 is 1.26 bits per heavy atom. The molecule has 1 aliphatic heterocycles. The second-order valence-electron chi connectivity index (χ2n) is 7.42. The Hall–Kier alpha value is -2.29. The van der Waals surface area contributed by atoms with Crippen molar-refractivity contribution in [1.82, 2.24) is 9.55 Å². The first-order chi connectivity index (χ1) is 12.8. The summed E-state index contributed by atoms with van der Waals surface area (Å²) in [5.41, 5.74) is 3.67. The molecule has 1 aromatic heterocycles. The fraction of sp³-hybridized carbons (Fsp3) is 0.556. The van der Waals surface area contributed by atoms with Crippen LogP contribution in [0.15, 0.2) is 9.59 Å². The largest absolute Gasteiger partial charge is 0.369 e. The van der Waals surface area contributed by atoms with Gasteiger partial charge in [-0.25, -0.2) is 18.0 Å². The lowest BCUT2D eigenvalue weighted by Crippen LogP contribution is -2.32. The second kappa shape index (κ2) is 6.40. The Bertz CT molecular complexity index is 1030. The maximum atomic E-state index is 15.2. The van der Waals surface area contributed by atoms with Gasteiger partial charge in [0.2, 0.25) is 0 Å². The molecule has 1 saturated heterocycles. The van der Waals surface area contributed by atoms with E-state index >= 15 is 4.39 Å². The number of halogens is 3. The molecule has 0 bridgehead atoms. The molecular formula is C18H21F3N4O2. The van der Waals surface area contributed by atoms with Gasteiger partial charge in [-0.2, -0.15) is 0 Å². The van der Waals surface area contributed by atoms with Crippen LogP contribution in [-0.4, -0.2) is 29.2 Å². The van der Waals surface area contributed by atoms with Crippen LogP contribution in [0.25, 0.3) is 10.9 Å². The number of nitrogens with one attached hydrogen (secondary N) is 1. The van der Waals surface area contributed by atoms with Crippen molar-refractivity contribution >= 4 is 16.6 Å². The van der Waals surface area contributed by atoms with E-state index in [0.29, 0.717) is 25.2 Å². The Morgan fingerprint density at radius 2 is 1.96 bits per heavy atom. The molecule has 1 aromatic carbocycles. The van der Waals surface area contributed by atoms with Gasteiger partial charge < -0.3 is 10.6 Å². The highest BCUT2D eigenvalue weighted by atomic mass is 19.3. The van der Waals surface area contributed by atoms with Crippen molar-refractivity contribution < 1.29 is 13.2 Å². The van der Waals surface area contributed by atoms with Gasteiger partial charge in [-0.15, -0.1) is 0 Å². The summed E-state index contributed by atoms with van der Waals surface area (Å²) in [6, 6.07) is -0.158. The lowest BCUT2D eigenvalue weighted by molar-refractivity contribution is 0.148. The number of aryl methyl sites for hydroxylation is 1. The zero-order valence-corrected chi connectivity index (χ0v) is 14.9. The van der Waals surface area contributed by atoms with Gasteiger partial charge in [0.1, 0.15) is 0 Å². The zero-order chi connectivity index (χ0) is 19.5.